The number of carboxylic acid groups (broad SMARTS) is 1. The molecule has 15 heavy (non-hydrogen) atoms. The van der Waals surface area contributed by atoms with Crippen molar-refractivity contribution in [3.8, 4) is 5.75 Å². The first-order valence-electron chi connectivity index (χ1n) is 4.34. The molecule has 0 heterocycles. The van der Waals surface area contributed by atoms with Crippen LogP contribution < -0.4 is 0 Å². The number of phenols is 1. The normalized spacial score (nSPS) is 8.60. The van der Waals surface area contributed by atoms with Gasteiger partial charge >= 0.3 is 5.97 Å². The number of hydrogen-bond acceptors (Lipinski definition) is 3. The summed E-state index contributed by atoms with van der Waals surface area (Å²) < 4.78 is 0. The maximum atomic E-state index is 9.25. The van der Waals surface area contributed by atoms with Crippen LogP contribution in [0, 0.1) is 0 Å². The zero-order valence-electron chi connectivity index (χ0n) is 8.26. The molecule has 0 spiro atoms. The van der Waals surface area contributed by atoms with Crippen LogP contribution in [0.2, 0.25) is 0 Å². The Morgan fingerprint density at radius 2 is 1.80 bits per heavy atom. The minimum atomic E-state index is -0.981. The van der Waals surface area contributed by atoms with Gasteiger partial charge in [0.25, 0.3) is 0 Å². The number of hydrogen-bond donors (Lipinski definition) is 3. The number of aliphatic hydroxyl groups is 1. The number of aliphatic carboxylic acids is 1. The van der Waals surface area contributed by atoms with Crippen LogP contribution in [-0.4, -0.2) is 27.9 Å². The highest BCUT2D eigenvalue weighted by atomic mass is 16.4. The molecule has 0 bridgehead atoms. The van der Waals surface area contributed by atoms with Gasteiger partial charge in [-0.3, -0.25) is 0 Å². The van der Waals surface area contributed by atoms with Crippen molar-refractivity contribution in [2.24, 2.45) is 0 Å². The summed E-state index contributed by atoms with van der Waals surface area (Å²) in [5.74, 6) is -0.716. The molecular formula is C11H14O4. The Kier molecular flexibility index (Phi) is 6.67. The molecule has 4 nitrogen and oxygen atoms in total. The van der Waals surface area contributed by atoms with Crippen LogP contribution in [0.3, 0.4) is 0 Å². The van der Waals surface area contributed by atoms with E-state index in [0.717, 1.165) is 11.6 Å². The van der Waals surface area contributed by atoms with Gasteiger partial charge < -0.3 is 15.3 Å². The van der Waals surface area contributed by atoms with Gasteiger partial charge in [0.2, 0.25) is 0 Å². The van der Waals surface area contributed by atoms with Gasteiger partial charge in [-0.25, -0.2) is 4.79 Å². The summed E-state index contributed by atoms with van der Waals surface area (Å²) in [4.78, 5) is 9.25. The van der Waals surface area contributed by atoms with Crippen molar-refractivity contribution in [1.29, 1.82) is 0 Å². The van der Waals surface area contributed by atoms with Crippen LogP contribution in [-0.2, 0) is 11.2 Å². The summed E-state index contributed by atoms with van der Waals surface area (Å²) in [6, 6.07) is 6.83. The number of carbonyl (C=O) groups is 1. The molecule has 0 saturated carbocycles. The average molecular weight is 210 g/mol. The van der Waals surface area contributed by atoms with E-state index < -0.39 is 5.97 Å². The van der Waals surface area contributed by atoms with Crippen molar-refractivity contribution in [3.05, 3.63) is 42.5 Å². The van der Waals surface area contributed by atoms with Crippen LogP contribution in [0.5, 0.6) is 5.75 Å². The summed E-state index contributed by atoms with van der Waals surface area (Å²) >= 11 is 0. The molecule has 0 radical (unpaired) electrons. The van der Waals surface area contributed by atoms with E-state index in [0.29, 0.717) is 6.42 Å². The number of rotatable bonds is 3. The van der Waals surface area contributed by atoms with E-state index in [1.165, 1.54) is 0 Å². The van der Waals surface area contributed by atoms with Gasteiger partial charge in [-0.1, -0.05) is 18.7 Å². The second-order valence-electron chi connectivity index (χ2n) is 2.68. The van der Waals surface area contributed by atoms with Crippen molar-refractivity contribution in [2.45, 2.75) is 6.42 Å². The maximum absolute atomic E-state index is 9.25. The molecule has 0 aromatic heterocycles. The second-order valence-corrected chi connectivity index (χ2v) is 2.68. The number of aliphatic hydroxyl groups excluding tert-OH is 1. The Labute approximate surface area is 88.1 Å². The maximum Gasteiger partial charge on any atom is 0.327 e. The van der Waals surface area contributed by atoms with Crippen molar-refractivity contribution >= 4 is 5.97 Å². The largest absolute Gasteiger partial charge is 0.508 e. The molecule has 1 aromatic rings. The SMILES string of the molecule is C=CC(=O)O.OCCc1ccc(O)cc1. The molecule has 0 fully saturated rings. The summed E-state index contributed by atoms with van der Waals surface area (Å²) in [5, 5.41) is 25.0. The van der Waals surface area contributed by atoms with Crippen LogP contribution in [0.4, 0.5) is 0 Å². The highest BCUT2D eigenvalue weighted by Crippen LogP contribution is 2.09. The Balaban J connectivity index is 0.000000336. The van der Waals surface area contributed by atoms with E-state index in [1.54, 1.807) is 24.3 Å². The van der Waals surface area contributed by atoms with Crippen molar-refractivity contribution in [3.63, 3.8) is 0 Å². The van der Waals surface area contributed by atoms with Gasteiger partial charge in [-0.05, 0) is 24.1 Å². The molecule has 0 unspecified atom stereocenters. The van der Waals surface area contributed by atoms with Crippen molar-refractivity contribution < 1.29 is 20.1 Å². The van der Waals surface area contributed by atoms with Gasteiger partial charge in [0.15, 0.2) is 0 Å². The lowest BCUT2D eigenvalue weighted by atomic mass is 10.2. The lowest BCUT2D eigenvalue weighted by Crippen LogP contribution is -1.88. The topological polar surface area (TPSA) is 77.8 Å². The first-order chi connectivity index (χ1) is 7.10. The molecule has 1 aromatic carbocycles. The molecule has 0 atom stereocenters. The van der Waals surface area contributed by atoms with E-state index >= 15 is 0 Å². The fourth-order valence-electron chi connectivity index (χ4n) is 0.792. The summed E-state index contributed by atoms with van der Waals surface area (Å²) in [6.07, 6.45) is 1.49. The highest BCUT2D eigenvalue weighted by molar-refractivity contribution is 5.78. The molecule has 0 amide bonds. The summed E-state index contributed by atoms with van der Waals surface area (Å²) in [6.45, 7) is 3.12. The van der Waals surface area contributed by atoms with E-state index in [9.17, 15) is 4.79 Å². The predicted molar refractivity (Wildman–Crippen MR) is 56.7 cm³/mol. The van der Waals surface area contributed by atoms with E-state index in [-0.39, 0.29) is 12.4 Å². The minimum absolute atomic E-state index is 0.158. The third-order valence-corrected chi connectivity index (χ3v) is 1.51. The van der Waals surface area contributed by atoms with Crippen LogP contribution in [0.15, 0.2) is 36.9 Å². The van der Waals surface area contributed by atoms with Gasteiger partial charge in [0.05, 0.1) is 0 Å². The van der Waals surface area contributed by atoms with Crippen LogP contribution >= 0.6 is 0 Å². The predicted octanol–water partition coefficient (Wildman–Crippen LogP) is 1.18. The molecule has 0 aliphatic heterocycles. The molecule has 3 N–H and O–H groups in total. The third kappa shape index (κ3) is 7.28. The Morgan fingerprint density at radius 1 is 1.33 bits per heavy atom. The van der Waals surface area contributed by atoms with Gasteiger partial charge in [-0.15, -0.1) is 0 Å². The molecule has 0 aliphatic rings. The molecule has 0 aliphatic carbocycles. The standard InChI is InChI=1S/C8H10O2.C3H4O2/c9-6-5-7-1-3-8(10)4-2-7;1-2-3(4)5/h1-4,9-10H,5-6H2;2H,1H2,(H,4,5). The zero-order valence-corrected chi connectivity index (χ0v) is 8.26. The van der Waals surface area contributed by atoms with Gasteiger partial charge in [0, 0.05) is 12.7 Å². The summed E-state index contributed by atoms with van der Waals surface area (Å²) in [5.41, 5.74) is 1.04. The fraction of sp³-hybridized carbons (Fsp3) is 0.182. The Bertz CT molecular complexity index is 303. The first kappa shape index (κ1) is 13.2. The number of phenolic OH excluding ortho intramolecular Hbond substituents is 1. The van der Waals surface area contributed by atoms with Crippen LogP contribution in [0.25, 0.3) is 0 Å². The second kappa shape index (κ2) is 7.58. The van der Waals surface area contributed by atoms with E-state index in [2.05, 4.69) is 6.58 Å². The summed E-state index contributed by atoms with van der Waals surface area (Å²) in [7, 11) is 0. The molecular weight excluding hydrogens is 196 g/mol. The Hall–Kier alpha value is -1.81. The minimum Gasteiger partial charge on any atom is -0.508 e. The third-order valence-electron chi connectivity index (χ3n) is 1.51. The number of benzene rings is 1. The lowest BCUT2D eigenvalue weighted by molar-refractivity contribution is -0.131. The lowest BCUT2D eigenvalue weighted by Gasteiger charge is -1.96. The van der Waals surface area contributed by atoms with E-state index in [1.807, 2.05) is 0 Å². The number of carboxylic acids is 1. The van der Waals surface area contributed by atoms with Gasteiger partial charge in [0.1, 0.15) is 5.75 Å². The molecule has 0 saturated heterocycles. The fourth-order valence-corrected chi connectivity index (χ4v) is 0.792. The van der Waals surface area contributed by atoms with Crippen molar-refractivity contribution in [1.82, 2.24) is 0 Å². The van der Waals surface area contributed by atoms with Crippen molar-refractivity contribution in [2.75, 3.05) is 6.61 Å². The molecule has 82 valence electrons. The van der Waals surface area contributed by atoms with E-state index in [4.69, 9.17) is 15.3 Å². The Morgan fingerprint density at radius 3 is 2.13 bits per heavy atom. The smallest absolute Gasteiger partial charge is 0.327 e. The monoisotopic (exact) mass is 210 g/mol. The number of aromatic hydroxyl groups is 1. The van der Waals surface area contributed by atoms with Gasteiger partial charge in [-0.2, -0.15) is 0 Å². The van der Waals surface area contributed by atoms with Crippen LogP contribution in [0.1, 0.15) is 5.56 Å². The zero-order chi connectivity index (χ0) is 11.7. The first-order valence-corrected chi connectivity index (χ1v) is 4.34. The highest BCUT2D eigenvalue weighted by Gasteiger charge is 1.90. The molecule has 4 heteroatoms. The average Bonchev–Trinajstić information content (AvgIpc) is 2.23. The quantitative estimate of drug-likeness (QED) is 0.655. The molecule has 1 rings (SSSR count).